The van der Waals surface area contributed by atoms with Gasteiger partial charge in [-0.15, -0.1) is 0 Å². The van der Waals surface area contributed by atoms with Crippen molar-refractivity contribution in [1.29, 1.82) is 0 Å². The summed E-state index contributed by atoms with van der Waals surface area (Å²) >= 11 is 0. The summed E-state index contributed by atoms with van der Waals surface area (Å²) in [6, 6.07) is 18.1. The summed E-state index contributed by atoms with van der Waals surface area (Å²) in [4.78, 5) is 0. The van der Waals surface area contributed by atoms with Gasteiger partial charge in [-0.05, 0) is 70.9 Å². The van der Waals surface area contributed by atoms with Crippen LogP contribution < -0.4 is 5.32 Å². The number of rotatable bonds is 12. The van der Waals surface area contributed by atoms with E-state index in [1.807, 2.05) is 0 Å². The summed E-state index contributed by atoms with van der Waals surface area (Å²) in [7, 11) is 0. The number of hydrogen-bond donors (Lipinski definition) is 1. The normalized spacial score (nSPS) is 14.3. The van der Waals surface area contributed by atoms with E-state index in [0.717, 1.165) is 23.2 Å². The smallest absolute Gasteiger partial charge is 0.0384 e. The van der Waals surface area contributed by atoms with E-state index < -0.39 is 0 Å². The van der Waals surface area contributed by atoms with Crippen molar-refractivity contribution in [3.05, 3.63) is 59.7 Å². The standard InChI is InChI=1S/C30H47N/c1-9-11-23(3)21-29(5,6)25-13-17-27(18-14-25)31-28-19-15-26(16-20-28)30(7,8)22-24(4)12-10-2/h13-20,23-24,31H,9-12,21-22H2,1-8H3. The molecular weight excluding hydrogens is 374 g/mol. The first-order valence-corrected chi connectivity index (χ1v) is 12.6. The molecule has 0 bridgehead atoms. The van der Waals surface area contributed by atoms with Crippen LogP contribution in [0, 0.1) is 11.8 Å². The fraction of sp³-hybridized carbons (Fsp3) is 0.600. The van der Waals surface area contributed by atoms with E-state index in [0.29, 0.717) is 0 Å². The van der Waals surface area contributed by atoms with Gasteiger partial charge in [-0.2, -0.15) is 0 Å². The molecule has 2 aromatic carbocycles. The molecule has 2 unspecified atom stereocenters. The van der Waals surface area contributed by atoms with Gasteiger partial charge in [-0.3, -0.25) is 0 Å². The summed E-state index contributed by atoms with van der Waals surface area (Å²) in [5, 5.41) is 3.58. The molecule has 1 heteroatoms. The van der Waals surface area contributed by atoms with Gasteiger partial charge >= 0.3 is 0 Å². The topological polar surface area (TPSA) is 12.0 Å². The minimum atomic E-state index is 0.218. The Bertz CT molecular complexity index is 700. The van der Waals surface area contributed by atoms with Crippen LogP contribution in [0.5, 0.6) is 0 Å². The van der Waals surface area contributed by atoms with Gasteiger partial charge in [0.1, 0.15) is 0 Å². The first-order valence-electron chi connectivity index (χ1n) is 12.6. The van der Waals surface area contributed by atoms with Gasteiger partial charge in [0.2, 0.25) is 0 Å². The first kappa shape index (κ1) is 25.5. The molecule has 2 rings (SSSR count). The third-order valence-electron chi connectivity index (χ3n) is 6.90. The average Bonchev–Trinajstić information content (AvgIpc) is 2.68. The molecule has 0 radical (unpaired) electrons. The van der Waals surface area contributed by atoms with E-state index in [2.05, 4.69) is 109 Å². The minimum Gasteiger partial charge on any atom is -0.356 e. The number of hydrogen-bond acceptors (Lipinski definition) is 1. The van der Waals surface area contributed by atoms with Crippen LogP contribution in [-0.2, 0) is 10.8 Å². The molecule has 2 atom stereocenters. The molecule has 172 valence electrons. The van der Waals surface area contributed by atoms with Gasteiger partial charge in [0.15, 0.2) is 0 Å². The first-order chi connectivity index (χ1) is 14.6. The quantitative estimate of drug-likeness (QED) is 0.359. The second-order valence-electron chi connectivity index (χ2n) is 11.2. The van der Waals surface area contributed by atoms with Gasteiger partial charge in [0.25, 0.3) is 0 Å². The summed E-state index contributed by atoms with van der Waals surface area (Å²) in [6.07, 6.45) is 7.64. The lowest BCUT2D eigenvalue weighted by atomic mass is 9.76. The number of nitrogens with one attached hydrogen (secondary N) is 1. The Morgan fingerprint density at radius 3 is 1.23 bits per heavy atom. The monoisotopic (exact) mass is 421 g/mol. The highest BCUT2D eigenvalue weighted by molar-refractivity contribution is 5.60. The molecule has 0 aliphatic heterocycles. The molecule has 1 nitrogen and oxygen atoms in total. The van der Waals surface area contributed by atoms with E-state index in [1.54, 1.807) is 0 Å². The third kappa shape index (κ3) is 7.70. The van der Waals surface area contributed by atoms with Crippen molar-refractivity contribution < 1.29 is 0 Å². The Hall–Kier alpha value is -1.76. The van der Waals surface area contributed by atoms with Crippen molar-refractivity contribution in [2.24, 2.45) is 11.8 Å². The number of anilines is 2. The molecule has 31 heavy (non-hydrogen) atoms. The van der Waals surface area contributed by atoms with Crippen molar-refractivity contribution in [1.82, 2.24) is 0 Å². The number of benzene rings is 2. The highest BCUT2D eigenvalue weighted by Crippen LogP contribution is 2.34. The van der Waals surface area contributed by atoms with Crippen molar-refractivity contribution in [2.75, 3.05) is 5.32 Å². The molecule has 2 aromatic rings. The second kappa shape index (κ2) is 11.2. The minimum absolute atomic E-state index is 0.218. The van der Waals surface area contributed by atoms with Crippen LogP contribution in [0.15, 0.2) is 48.5 Å². The molecule has 0 saturated heterocycles. The summed E-state index contributed by atoms with van der Waals surface area (Å²) in [5.74, 6) is 1.54. The van der Waals surface area contributed by atoms with Crippen molar-refractivity contribution >= 4 is 11.4 Å². The molecule has 0 aliphatic carbocycles. The van der Waals surface area contributed by atoms with E-state index >= 15 is 0 Å². The van der Waals surface area contributed by atoms with E-state index in [9.17, 15) is 0 Å². The predicted molar refractivity (Wildman–Crippen MR) is 140 cm³/mol. The lowest BCUT2D eigenvalue weighted by Crippen LogP contribution is -2.20. The second-order valence-corrected chi connectivity index (χ2v) is 11.2. The Labute approximate surface area is 193 Å². The van der Waals surface area contributed by atoms with Gasteiger partial charge in [-0.25, -0.2) is 0 Å². The van der Waals surface area contributed by atoms with Crippen LogP contribution >= 0.6 is 0 Å². The third-order valence-corrected chi connectivity index (χ3v) is 6.90. The molecule has 1 N–H and O–H groups in total. The molecular formula is C30H47N. The maximum Gasteiger partial charge on any atom is 0.0384 e. The van der Waals surface area contributed by atoms with Crippen molar-refractivity contribution in [3.63, 3.8) is 0 Å². The molecule has 0 heterocycles. The van der Waals surface area contributed by atoms with Crippen LogP contribution in [0.4, 0.5) is 11.4 Å². The molecule has 0 fully saturated rings. The highest BCUT2D eigenvalue weighted by Gasteiger charge is 2.24. The van der Waals surface area contributed by atoms with Gasteiger partial charge in [0, 0.05) is 11.4 Å². The SMILES string of the molecule is CCCC(C)CC(C)(C)c1ccc(Nc2ccc(C(C)(C)CC(C)CCC)cc2)cc1. The Balaban J connectivity index is 2.02. The maximum atomic E-state index is 3.58. The molecule has 0 aliphatic rings. The van der Waals surface area contributed by atoms with Crippen LogP contribution in [0.25, 0.3) is 0 Å². The van der Waals surface area contributed by atoms with Gasteiger partial charge < -0.3 is 5.32 Å². The van der Waals surface area contributed by atoms with Crippen LogP contribution in [0.3, 0.4) is 0 Å². The van der Waals surface area contributed by atoms with Gasteiger partial charge in [0.05, 0.1) is 0 Å². The fourth-order valence-electron chi connectivity index (χ4n) is 5.34. The summed E-state index contributed by atoms with van der Waals surface area (Å²) in [5.41, 5.74) is 5.61. The van der Waals surface area contributed by atoms with E-state index in [-0.39, 0.29) is 10.8 Å². The molecule has 0 saturated carbocycles. The van der Waals surface area contributed by atoms with Crippen LogP contribution in [0.1, 0.15) is 105 Å². The zero-order valence-corrected chi connectivity index (χ0v) is 21.5. The lowest BCUT2D eigenvalue weighted by Gasteiger charge is -2.29. The Morgan fingerprint density at radius 1 is 0.613 bits per heavy atom. The zero-order chi connectivity index (χ0) is 23.1. The predicted octanol–water partition coefficient (Wildman–Crippen LogP) is 9.64. The largest absolute Gasteiger partial charge is 0.356 e. The summed E-state index contributed by atoms with van der Waals surface area (Å²) < 4.78 is 0. The van der Waals surface area contributed by atoms with E-state index in [1.165, 1.54) is 49.7 Å². The summed E-state index contributed by atoms with van der Waals surface area (Å²) in [6.45, 7) is 18.8. The lowest BCUT2D eigenvalue weighted by molar-refractivity contribution is 0.361. The van der Waals surface area contributed by atoms with Crippen molar-refractivity contribution in [3.8, 4) is 0 Å². The van der Waals surface area contributed by atoms with Crippen molar-refractivity contribution in [2.45, 2.75) is 105 Å². The molecule has 0 amide bonds. The van der Waals surface area contributed by atoms with Crippen LogP contribution in [-0.4, -0.2) is 0 Å². The van der Waals surface area contributed by atoms with E-state index in [4.69, 9.17) is 0 Å². The highest BCUT2D eigenvalue weighted by atomic mass is 14.9. The zero-order valence-electron chi connectivity index (χ0n) is 21.5. The Kier molecular flexibility index (Phi) is 9.22. The Morgan fingerprint density at radius 2 is 0.935 bits per heavy atom. The fourth-order valence-corrected chi connectivity index (χ4v) is 5.34. The molecule has 0 aromatic heterocycles. The van der Waals surface area contributed by atoms with Crippen LogP contribution in [0.2, 0.25) is 0 Å². The molecule has 0 spiro atoms. The maximum absolute atomic E-state index is 3.58. The average molecular weight is 422 g/mol. The van der Waals surface area contributed by atoms with Gasteiger partial charge in [-0.1, -0.05) is 105 Å².